The van der Waals surface area contributed by atoms with Gasteiger partial charge in [-0.15, -0.1) is 0 Å². The summed E-state index contributed by atoms with van der Waals surface area (Å²) >= 11 is 0. The molecule has 0 aromatic heterocycles. The normalized spacial score (nSPS) is 10.5. The second kappa shape index (κ2) is 7.81. The highest BCUT2D eigenvalue weighted by atomic mass is 19.1. The van der Waals surface area contributed by atoms with Crippen molar-refractivity contribution in [3.05, 3.63) is 83.7 Å². The molecule has 3 nitrogen and oxygen atoms in total. The lowest BCUT2D eigenvalue weighted by Gasteiger charge is -2.14. The van der Waals surface area contributed by atoms with Crippen molar-refractivity contribution in [3.8, 4) is 22.6 Å². The van der Waals surface area contributed by atoms with Crippen molar-refractivity contribution in [1.29, 1.82) is 0 Å². The standard InChI is InChI=1S/C21H20FNO2/c1-24-17-8-10-18(20(22)12-17)19-9-7-16(13-23)11-21(19)25-14-15-5-3-2-4-6-15/h2-12H,13-14,23H2,1H3. The van der Waals surface area contributed by atoms with Crippen LogP contribution in [0.25, 0.3) is 11.1 Å². The Bertz CT molecular complexity index is 850. The van der Waals surface area contributed by atoms with Crippen LogP contribution in [0, 0.1) is 5.82 Å². The van der Waals surface area contributed by atoms with Crippen LogP contribution in [0.2, 0.25) is 0 Å². The third kappa shape index (κ3) is 3.98. The number of nitrogens with two attached hydrogens (primary N) is 1. The second-order valence-electron chi connectivity index (χ2n) is 5.65. The van der Waals surface area contributed by atoms with E-state index in [1.807, 2.05) is 48.5 Å². The molecule has 25 heavy (non-hydrogen) atoms. The first-order valence-electron chi connectivity index (χ1n) is 8.05. The fourth-order valence-corrected chi connectivity index (χ4v) is 2.61. The largest absolute Gasteiger partial charge is 0.497 e. The van der Waals surface area contributed by atoms with Crippen LogP contribution in [0.1, 0.15) is 11.1 Å². The van der Waals surface area contributed by atoms with Gasteiger partial charge in [-0.3, -0.25) is 0 Å². The lowest BCUT2D eigenvalue weighted by Crippen LogP contribution is -2.01. The third-order valence-corrected chi connectivity index (χ3v) is 3.99. The van der Waals surface area contributed by atoms with Gasteiger partial charge in [0.15, 0.2) is 0 Å². The smallest absolute Gasteiger partial charge is 0.134 e. The SMILES string of the molecule is COc1ccc(-c2ccc(CN)cc2OCc2ccccc2)c(F)c1. The molecule has 0 amide bonds. The van der Waals surface area contributed by atoms with Crippen molar-refractivity contribution in [2.75, 3.05) is 7.11 Å². The monoisotopic (exact) mass is 337 g/mol. The van der Waals surface area contributed by atoms with Gasteiger partial charge >= 0.3 is 0 Å². The van der Waals surface area contributed by atoms with Crippen LogP contribution in [0.4, 0.5) is 4.39 Å². The highest BCUT2D eigenvalue weighted by Crippen LogP contribution is 2.34. The van der Waals surface area contributed by atoms with Crippen LogP contribution in [-0.4, -0.2) is 7.11 Å². The molecule has 0 spiro atoms. The van der Waals surface area contributed by atoms with E-state index in [2.05, 4.69) is 0 Å². The maximum atomic E-state index is 14.5. The molecule has 0 aliphatic carbocycles. The molecule has 0 aliphatic heterocycles. The van der Waals surface area contributed by atoms with Crippen molar-refractivity contribution >= 4 is 0 Å². The topological polar surface area (TPSA) is 44.5 Å². The molecular formula is C21H20FNO2. The first-order chi connectivity index (χ1) is 12.2. The molecule has 3 aromatic rings. The fourth-order valence-electron chi connectivity index (χ4n) is 2.61. The number of hydrogen-bond donors (Lipinski definition) is 1. The van der Waals surface area contributed by atoms with E-state index in [1.165, 1.54) is 13.2 Å². The lowest BCUT2D eigenvalue weighted by molar-refractivity contribution is 0.307. The number of rotatable bonds is 6. The minimum Gasteiger partial charge on any atom is -0.497 e. The van der Waals surface area contributed by atoms with Crippen LogP contribution in [-0.2, 0) is 13.2 Å². The van der Waals surface area contributed by atoms with Gasteiger partial charge in [-0.1, -0.05) is 42.5 Å². The number of hydrogen-bond acceptors (Lipinski definition) is 3. The fraction of sp³-hybridized carbons (Fsp3) is 0.143. The van der Waals surface area contributed by atoms with Crippen LogP contribution >= 0.6 is 0 Å². The summed E-state index contributed by atoms with van der Waals surface area (Å²) in [6, 6.07) is 20.2. The number of halogens is 1. The summed E-state index contributed by atoms with van der Waals surface area (Å²) in [5.74, 6) is 0.729. The van der Waals surface area contributed by atoms with Crippen LogP contribution < -0.4 is 15.2 Å². The van der Waals surface area contributed by atoms with Gasteiger partial charge in [-0.25, -0.2) is 4.39 Å². The summed E-state index contributed by atoms with van der Waals surface area (Å²) in [4.78, 5) is 0. The Hall–Kier alpha value is -2.85. The molecule has 3 rings (SSSR count). The van der Waals surface area contributed by atoms with Gasteiger partial charge in [-0.05, 0) is 29.3 Å². The van der Waals surface area contributed by atoms with Crippen molar-refractivity contribution in [1.82, 2.24) is 0 Å². The van der Waals surface area contributed by atoms with E-state index in [0.29, 0.717) is 35.8 Å². The molecule has 0 atom stereocenters. The van der Waals surface area contributed by atoms with Gasteiger partial charge in [0.25, 0.3) is 0 Å². The predicted octanol–water partition coefficient (Wildman–Crippen LogP) is 4.54. The van der Waals surface area contributed by atoms with Gasteiger partial charge in [0, 0.05) is 23.7 Å². The predicted molar refractivity (Wildman–Crippen MR) is 97.1 cm³/mol. The molecular weight excluding hydrogens is 317 g/mol. The maximum Gasteiger partial charge on any atom is 0.134 e. The zero-order valence-electron chi connectivity index (χ0n) is 14.0. The average molecular weight is 337 g/mol. The van der Waals surface area contributed by atoms with E-state index in [-0.39, 0.29) is 5.82 Å². The van der Waals surface area contributed by atoms with Gasteiger partial charge in [0.2, 0.25) is 0 Å². The van der Waals surface area contributed by atoms with Gasteiger partial charge in [-0.2, -0.15) is 0 Å². The quantitative estimate of drug-likeness (QED) is 0.718. The Morgan fingerprint density at radius 1 is 0.880 bits per heavy atom. The van der Waals surface area contributed by atoms with Crippen molar-refractivity contribution in [2.24, 2.45) is 5.73 Å². The van der Waals surface area contributed by atoms with Crippen molar-refractivity contribution in [3.63, 3.8) is 0 Å². The van der Waals surface area contributed by atoms with Gasteiger partial charge in [0.1, 0.15) is 23.9 Å². The molecule has 0 bridgehead atoms. The lowest BCUT2D eigenvalue weighted by atomic mass is 10.0. The summed E-state index contributed by atoms with van der Waals surface area (Å²) in [5.41, 5.74) is 8.86. The molecule has 2 N–H and O–H groups in total. The molecule has 0 unspecified atom stereocenters. The Labute approximate surface area is 146 Å². The number of benzene rings is 3. The van der Waals surface area contributed by atoms with E-state index in [1.54, 1.807) is 12.1 Å². The molecule has 0 heterocycles. The minimum atomic E-state index is -0.357. The average Bonchev–Trinajstić information content (AvgIpc) is 2.67. The number of ether oxygens (including phenoxy) is 2. The molecule has 0 aliphatic rings. The van der Waals surface area contributed by atoms with Crippen molar-refractivity contribution in [2.45, 2.75) is 13.2 Å². The minimum absolute atomic E-state index is 0.357. The molecule has 4 heteroatoms. The summed E-state index contributed by atoms with van der Waals surface area (Å²) in [5, 5.41) is 0. The van der Waals surface area contributed by atoms with E-state index in [0.717, 1.165) is 11.1 Å². The highest BCUT2D eigenvalue weighted by Gasteiger charge is 2.13. The zero-order chi connectivity index (χ0) is 17.6. The summed E-state index contributed by atoms with van der Waals surface area (Å²) in [6.07, 6.45) is 0. The van der Waals surface area contributed by atoms with Crippen LogP contribution in [0.3, 0.4) is 0 Å². The summed E-state index contributed by atoms with van der Waals surface area (Å²) in [7, 11) is 1.51. The molecule has 0 radical (unpaired) electrons. The molecule has 128 valence electrons. The summed E-state index contributed by atoms with van der Waals surface area (Å²) < 4.78 is 25.5. The second-order valence-corrected chi connectivity index (χ2v) is 5.65. The molecule has 0 saturated carbocycles. The first-order valence-corrected chi connectivity index (χ1v) is 8.05. The van der Waals surface area contributed by atoms with E-state index in [9.17, 15) is 4.39 Å². The molecule has 3 aromatic carbocycles. The van der Waals surface area contributed by atoms with Gasteiger partial charge in [0.05, 0.1) is 7.11 Å². The summed E-state index contributed by atoms with van der Waals surface area (Å²) in [6.45, 7) is 0.798. The Balaban J connectivity index is 1.95. The van der Waals surface area contributed by atoms with E-state index in [4.69, 9.17) is 15.2 Å². The maximum absolute atomic E-state index is 14.5. The Kier molecular flexibility index (Phi) is 5.31. The number of methoxy groups -OCH3 is 1. The van der Waals surface area contributed by atoms with E-state index < -0.39 is 0 Å². The van der Waals surface area contributed by atoms with Gasteiger partial charge < -0.3 is 15.2 Å². The Morgan fingerprint density at radius 2 is 1.64 bits per heavy atom. The van der Waals surface area contributed by atoms with Crippen molar-refractivity contribution < 1.29 is 13.9 Å². The molecule has 0 fully saturated rings. The third-order valence-electron chi connectivity index (χ3n) is 3.99. The zero-order valence-corrected chi connectivity index (χ0v) is 14.0. The van der Waals surface area contributed by atoms with Crippen LogP contribution in [0.15, 0.2) is 66.7 Å². The molecule has 0 saturated heterocycles. The van der Waals surface area contributed by atoms with Crippen LogP contribution in [0.5, 0.6) is 11.5 Å². The Morgan fingerprint density at radius 3 is 2.32 bits per heavy atom. The first kappa shape index (κ1) is 17.0. The van der Waals surface area contributed by atoms with E-state index >= 15 is 0 Å². The highest BCUT2D eigenvalue weighted by molar-refractivity contribution is 5.72.